The van der Waals surface area contributed by atoms with Crippen LogP contribution in [0.2, 0.25) is 0 Å². The van der Waals surface area contributed by atoms with Crippen molar-refractivity contribution in [3.63, 3.8) is 0 Å². The molecule has 3 heteroatoms. The first-order valence-corrected chi connectivity index (χ1v) is 5.87. The molecule has 2 unspecified atom stereocenters. The quantitative estimate of drug-likeness (QED) is 0.799. The van der Waals surface area contributed by atoms with Crippen molar-refractivity contribution in [1.29, 1.82) is 0 Å². The first kappa shape index (κ1) is 10.8. The first-order chi connectivity index (χ1) is 7.24. The molecule has 2 nitrogen and oxygen atoms in total. The molecule has 0 saturated heterocycles. The molecule has 0 aromatic heterocycles. The fourth-order valence-electron chi connectivity index (χ4n) is 2.28. The summed E-state index contributed by atoms with van der Waals surface area (Å²) in [5.74, 6) is 0.493. The number of aliphatic hydroxyl groups is 1. The number of fused-ring (bicyclic) bond motifs is 1. The largest absolute Gasteiger partial charge is 0.374 e. The van der Waals surface area contributed by atoms with Gasteiger partial charge in [-0.2, -0.15) is 0 Å². The molecule has 0 saturated carbocycles. The van der Waals surface area contributed by atoms with Gasteiger partial charge >= 0.3 is 0 Å². The van der Waals surface area contributed by atoms with Gasteiger partial charge in [0.1, 0.15) is 6.23 Å². The minimum atomic E-state index is -0.457. The van der Waals surface area contributed by atoms with Crippen LogP contribution in [-0.2, 0) is 6.42 Å². The molecule has 0 radical (unpaired) electrons. The number of nitrogens with zero attached hydrogens (tertiary/aromatic N) is 1. The summed E-state index contributed by atoms with van der Waals surface area (Å²) in [6, 6.07) is 8.61. The number of anilines is 1. The van der Waals surface area contributed by atoms with E-state index in [1.165, 1.54) is 5.56 Å². The lowest BCUT2D eigenvalue weighted by molar-refractivity contribution is 0.159. The smallest absolute Gasteiger partial charge is 0.128 e. The van der Waals surface area contributed by atoms with Crippen LogP contribution in [0.1, 0.15) is 18.9 Å². The van der Waals surface area contributed by atoms with Gasteiger partial charge in [-0.05, 0) is 25.0 Å². The third-order valence-corrected chi connectivity index (χ3v) is 3.17. The van der Waals surface area contributed by atoms with E-state index in [4.69, 9.17) is 11.6 Å². The molecule has 15 heavy (non-hydrogen) atoms. The summed E-state index contributed by atoms with van der Waals surface area (Å²) in [4.78, 5) is 2.07. The summed E-state index contributed by atoms with van der Waals surface area (Å²) in [6.07, 6.45) is 1.16. The molecule has 1 aromatic carbocycles. The minimum Gasteiger partial charge on any atom is -0.374 e. The standard InChI is InChI=1S/C12H16ClNO/c1-9-8-10-4-2-3-5-11(10)14(9)12(15)6-7-13/h2-5,9,12,15H,6-8H2,1H3. The van der Waals surface area contributed by atoms with Crippen LogP contribution < -0.4 is 4.90 Å². The first-order valence-electron chi connectivity index (χ1n) is 5.34. The van der Waals surface area contributed by atoms with Crippen LogP contribution in [0.3, 0.4) is 0 Å². The topological polar surface area (TPSA) is 23.5 Å². The minimum absolute atomic E-state index is 0.362. The highest BCUT2D eigenvalue weighted by Crippen LogP contribution is 2.33. The lowest BCUT2D eigenvalue weighted by Crippen LogP contribution is -2.39. The molecule has 1 heterocycles. The highest BCUT2D eigenvalue weighted by Gasteiger charge is 2.29. The third kappa shape index (κ3) is 1.97. The predicted octanol–water partition coefficient (Wildman–Crippen LogP) is 2.38. The van der Waals surface area contributed by atoms with Crippen LogP contribution in [-0.4, -0.2) is 23.3 Å². The van der Waals surface area contributed by atoms with Crippen LogP contribution in [0, 0.1) is 0 Å². The van der Waals surface area contributed by atoms with Crippen LogP contribution >= 0.6 is 11.6 Å². The van der Waals surface area contributed by atoms with E-state index in [1.807, 2.05) is 12.1 Å². The molecular formula is C12H16ClNO. The van der Waals surface area contributed by atoms with Crippen molar-refractivity contribution in [3.8, 4) is 0 Å². The lowest BCUT2D eigenvalue weighted by atomic mass is 10.1. The Morgan fingerprint density at radius 1 is 1.53 bits per heavy atom. The van der Waals surface area contributed by atoms with E-state index in [2.05, 4.69) is 24.0 Å². The van der Waals surface area contributed by atoms with E-state index in [0.717, 1.165) is 12.1 Å². The number of benzene rings is 1. The van der Waals surface area contributed by atoms with Crippen LogP contribution in [0.4, 0.5) is 5.69 Å². The molecule has 1 aliphatic heterocycles. The van der Waals surface area contributed by atoms with Crippen LogP contribution in [0.25, 0.3) is 0 Å². The molecule has 0 spiro atoms. The van der Waals surface area contributed by atoms with Crippen molar-refractivity contribution in [2.75, 3.05) is 10.8 Å². The average molecular weight is 226 g/mol. The molecule has 0 aliphatic carbocycles. The van der Waals surface area contributed by atoms with Crippen molar-refractivity contribution < 1.29 is 5.11 Å². The van der Waals surface area contributed by atoms with Gasteiger partial charge in [0.05, 0.1) is 0 Å². The fourth-order valence-corrected chi connectivity index (χ4v) is 2.48. The van der Waals surface area contributed by atoms with Crippen LogP contribution in [0.5, 0.6) is 0 Å². The summed E-state index contributed by atoms with van der Waals surface area (Å²) >= 11 is 5.66. The number of halogens is 1. The third-order valence-electron chi connectivity index (χ3n) is 2.95. The van der Waals surface area contributed by atoms with E-state index in [-0.39, 0.29) is 0 Å². The number of hydrogen-bond acceptors (Lipinski definition) is 2. The summed E-state index contributed by atoms with van der Waals surface area (Å²) < 4.78 is 0. The molecule has 2 rings (SSSR count). The SMILES string of the molecule is CC1Cc2ccccc2N1C(O)CCCl. The number of hydrogen-bond donors (Lipinski definition) is 1. The predicted molar refractivity (Wildman–Crippen MR) is 63.4 cm³/mol. The Hall–Kier alpha value is -0.730. The molecule has 0 amide bonds. The second-order valence-corrected chi connectivity index (χ2v) is 4.43. The Balaban J connectivity index is 2.25. The maximum atomic E-state index is 10.0. The lowest BCUT2D eigenvalue weighted by Gasteiger charge is -2.30. The van der Waals surface area contributed by atoms with Gasteiger partial charge in [-0.15, -0.1) is 11.6 Å². The Bertz CT molecular complexity index is 342. The number of rotatable bonds is 3. The van der Waals surface area contributed by atoms with Gasteiger partial charge in [-0.25, -0.2) is 0 Å². The van der Waals surface area contributed by atoms with Crippen molar-refractivity contribution in [3.05, 3.63) is 29.8 Å². The van der Waals surface area contributed by atoms with E-state index in [1.54, 1.807) is 0 Å². The maximum absolute atomic E-state index is 10.0. The van der Waals surface area contributed by atoms with E-state index in [9.17, 15) is 5.11 Å². The molecule has 82 valence electrons. The van der Waals surface area contributed by atoms with E-state index in [0.29, 0.717) is 18.3 Å². The van der Waals surface area contributed by atoms with E-state index < -0.39 is 6.23 Å². The van der Waals surface area contributed by atoms with Crippen molar-refractivity contribution in [1.82, 2.24) is 0 Å². The maximum Gasteiger partial charge on any atom is 0.128 e. The number of alkyl halides is 1. The zero-order valence-corrected chi connectivity index (χ0v) is 9.61. The molecule has 1 aliphatic rings. The molecule has 0 bridgehead atoms. The van der Waals surface area contributed by atoms with Gasteiger partial charge in [0, 0.05) is 24.0 Å². The van der Waals surface area contributed by atoms with E-state index >= 15 is 0 Å². The summed E-state index contributed by atoms with van der Waals surface area (Å²) in [6.45, 7) is 2.14. The molecule has 1 aromatic rings. The Morgan fingerprint density at radius 2 is 2.27 bits per heavy atom. The normalized spacial score (nSPS) is 21.5. The van der Waals surface area contributed by atoms with Gasteiger partial charge < -0.3 is 10.0 Å². The summed E-state index contributed by atoms with van der Waals surface area (Å²) in [7, 11) is 0. The highest BCUT2D eigenvalue weighted by atomic mass is 35.5. The fraction of sp³-hybridized carbons (Fsp3) is 0.500. The second kappa shape index (κ2) is 4.42. The summed E-state index contributed by atoms with van der Waals surface area (Å²) in [5.41, 5.74) is 2.47. The Kier molecular flexibility index (Phi) is 3.17. The Labute approximate surface area is 95.5 Å². The zero-order valence-electron chi connectivity index (χ0n) is 8.86. The Morgan fingerprint density at radius 3 is 3.00 bits per heavy atom. The molecule has 0 fully saturated rings. The zero-order chi connectivity index (χ0) is 10.8. The van der Waals surface area contributed by atoms with Crippen molar-refractivity contribution in [2.24, 2.45) is 0 Å². The number of para-hydroxylation sites is 1. The molecule has 2 atom stereocenters. The highest BCUT2D eigenvalue weighted by molar-refractivity contribution is 6.17. The van der Waals surface area contributed by atoms with Gasteiger partial charge in [-0.3, -0.25) is 0 Å². The molecule has 1 N–H and O–H groups in total. The van der Waals surface area contributed by atoms with Crippen molar-refractivity contribution >= 4 is 17.3 Å². The van der Waals surface area contributed by atoms with Gasteiger partial charge in [-0.1, -0.05) is 18.2 Å². The van der Waals surface area contributed by atoms with Gasteiger partial charge in [0.15, 0.2) is 0 Å². The average Bonchev–Trinajstić information content (AvgIpc) is 2.54. The second-order valence-electron chi connectivity index (χ2n) is 4.05. The summed E-state index contributed by atoms with van der Waals surface area (Å²) in [5, 5.41) is 10.0. The van der Waals surface area contributed by atoms with Gasteiger partial charge in [0.25, 0.3) is 0 Å². The molecular weight excluding hydrogens is 210 g/mol. The monoisotopic (exact) mass is 225 g/mol. The van der Waals surface area contributed by atoms with Gasteiger partial charge in [0.2, 0.25) is 0 Å². The van der Waals surface area contributed by atoms with Crippen molar-refractivity contribution in [2.45, 2.75) is 32.0 Å². The number of aliphatic hydroxyl groups excluding tert-OH is 1. The van der Waals surface area contributed by atoms with Crippen LogP contribution in [0.15, 0.2) is 24.3 Å².